The van der Waals surface area contributed by atoms with Gasteiger partial charge in [-0.3, -0.25) is 4.79 Å². The van der Waals surface area contributed by atoms with Crippen molar-refractivity contribution in [3.05, 3.63) is 36.5 Å². The smallest absolute Gasteiger partial charge is 0.198 e. The Morgan fingerprint density at radius 3 is 3.19 bits per heavy atom. The lowest BCUT2D eigenvalue weighted by Crippen LogP contribution is -1.99. The minimum Gasteiger partial charge on any atom is -0.470 e. The van der Waals surface area contributed by atoms with Gasteiger partial charge in [0.25, 0.3) is 0 Å². The lowest BCUT2D eigenvalue weighted by atomic mass is 10.3. The van der Waals surface area contributed by atoms with Gasteiger partial charge in [-0.25, -0.2) is 4.98 Å². The van der Waals surface area contributed by atoms with Crippen molar-refractivity contribution in [1.82, 2.24) is 9.97 Å². The Labute approximate surface area is 91.1 Å². The second-order valence-electron chi connectivity index (χ2n) is 3.52. The number of ketones is 1. The van der Waals surface area contributed by atoms with E-state index in [0.29, 0.717) is 5.88 Å². The lowest BCUT2D eigenvalue weighted by molar-refractivity contribution is -0.115. The van der Waals surface area contributed by atoms with Crippen LogP contribution in [-0.4, -0.2) is 22.4 Å². The van der Waals surface area contributed by atoms with Crippen molar-refractivity contribution in [2.24, 2.45) is 0 Å². The molecule has 1 aromatic heterocycles. The van der Waals surface area contributed by atoms with Crippen LogP contribution in [-0.2, 0) is 9.53 Å². The number of rotatable bonds is 2. The van der Waals surface area contributed by atoms with E-state index in [4.69, 9.17) is 4.74 Å². The van der Waals surface area contributed by atoms with E-state index in [1.807, 2.05) is 18.2 Å². The van der Waals surface area contributed by atoms with Crippen LogP contribution < -0.4 is 5.32 Å². The molecule has 80 valence electrons. The maximum atomic E-state index is 11.0. The van der Waals surface area contributed by atoms with Crippen LogP contribution in [0.5, 0.6) is 0 Å². The molecule has 0 spiro atoms. The largest absolute Gasteiger partial charge is 0.470 e. The normalized spacial score (nSPS) is 15.0. The predicted octanol–water partition coefficient (Wildman–Crippen LogP) is 1.42. The average Bonchev–Trinajstić information content (AvgIpc) is 2.87. The summed E-state index contributed by atoms with van der Waals surface area (Å²) in [5.41, 5.74) is 2.69. The second kappa shape index (κ2) is 3.37. The Bertz CT molecular complexity index is 586. The van der Waals surface area contributed by atoms with Crippen molar-refractivity contribution in [2.45, 2.75) is 0 Å². The van der Waals surface area contributed by atoms with E-state index in [1.54, 1.807) is 6.33 Å². The Kier molecular flexibility index (Phi) is 1.89. The molecule has 0 unspecified atom stereocenters. The third-order valence-electron chi connectivity index (χ3n) is 2.35. The highest BCUT2D eigenvalue weighted by Crippen LogP contribution is 2.18. The zero-order valence-electron chi connectivity index (χ0n) is 8.36. The van der Waals surface area contributed by atoms with Gasteiger partial charge < -0.3 is 15.0 Å². The number of nitrogens with one attached hydrogen (secondary N) is 2. The molecule has 2 N–H and O–H groups in total. The molecule has 0 bridgehead atoms. The Balaban J connectivity index is 1.89. The Hall–Kier alpha value is -2.30. The first-order chi connectivity index (χ1) is 7.81. The number of anilines is 1. The first-order valence-corrected chi connectivity index (χ1v) is 4.89. The molecule has 0 atom stereocenters. The molecule has 1 aliphatic rings. The summed E-state index contributed by atoms with van der Waals surface area (Å²) in [6.45, 7) is 0.118. The standard InChI is InChI=1S/C11H9N3O2/c15-8-4-11(16-5-8)14-7-1-2-9-10(3-7)13-6-12-9/h1-4,6,14H,5H2,(H,12,13). The minimum atomic E-state index is -0.0247. The summed E-state index contributed by atoms with van der Waals surface area (Å²) < 4.78 is 5.13. The number of hydrogen-bond donors (Lipinski definition) is 2. The van der Waals surface area contributed by atoms with Gasteiger partial charge in [0.2, 0.25) is 0 Å². The molecule has 0 fully saturated rings. The first kappa shape index (κ1) is 8.96. The number of imidazole rings is 1. The molecule has 3 rings (SSSR count). The number of aromatic amines is 1. The summed E-state index contributed by atoms with van der Waals surface area (Å²) in [5.74, 6) is 0.461. The number of H-pyrrole nitrogens is 1. The molecule has 0 saturated heterocycles. The van der Waals surface area contributed by atoms with Gasteiger partial charge >= 0.3 is 0 Å². The van der Waals surface area contributed by atoms with Gasteiger partial charge in [-0.1, -0.05) is 0 Å². The van der Waals surface area contributed by atoms with Crippen LogP contribution in [0.1, 0.15) is 0 Å². The molecular weight excluding hydrogens is 206 g/mol. The topological polar surface area (TPSA) is 67.0 Å². The SMILES string of the molecule is O=C1C=C(Nc2ccc3[nH]cnc3c2)OC1. The summed E-state index contributed by atoms with van der Waals surface area (Å²) in [7, 11) is 0. The van der Waals surface area contributed by atoms with E-state index >= 15 is 0 Å². The second-order valence-corrected chi connectivity index (χ2v) is 3.52. The lowest BCUT2D eigenvalue weighted by Gasteiger charge is -2.06. The number of benzene rings is 1. The van der Waals surface area contributed by atoms with Crippen molar-refractivity contribution in [1.29, 1.82) is 0 Å². The predicted molar refractivity (Wildman–Crippen MR) is 58.8 cm³/mol. The maximum Gasteiger partial charge on any atom is 0.198 e. The van der Waals surface area contributed by atoms with E-state index in [9.17, 15) is 4.79 Å². The third kappa shape index (κ3) is 1.52. The zero-order valence-corrected chi connectivity index (χ0v) is 8.36. The number of ether oxygens (including phenoxy) is 1. The summed E-state index contributed by atoms with van der Waals surface area (Å²) in [4.78, 5) is 18.1. The van der Waals surface area contributed by atoms with Gasteiger partial charge in [-0.15, -0.1) is 0 Å². The quantitative estimate of drug-likeness (QED) is 0.794. The summed E-state index contributed by atoms with van der Waals surface area (Å²) >= 11 is 0. The van der Waals surface area contributed by atoms with Crippen LogP contribution in [0, 0.1) is 0 Å². The van der Waals surface area contributed by atoms with Crippen molar-refractivity contribution < 1.29 is 9.53 Å². The number of carbonyl (C=O) groups excluding carboxylic acids is 1. The van der Waals surface area contributed by atoms with Gasteiger partial charge in [-0.2, -0.15) is 0 Å². The van der Waals surface area contributed by atoms with Gasteiger partial charge in [0.15, 0.2) is 18.3 Å². The summed E-state index contributed by atoms with van der Waals surface area (Å²) in [6.07, 6.45) is 3.10. The molecule has 0 radical (unpaired) electrons. The van der Waals surface area contributed by atoms with Gasteiger partial charge in [0.1, 0.15) is 0 Å². The van der Waals surface area contributed by atoms with E-state index in [0.717, 1.165) is 16.7 Å². The van der Waals surface area contributed by atoms with Crippen molar-refractivity contribution in [3.63, 3.8) is 0 Å². The Morgan fingerprint density at radius 1 is 1.44 bits per heavy atom. The van der Waals surface area contributed by atoms with E-state index < -0.39 is 0 Å². The summed E-state index contributed by atoms with van der Waals surface area (Å²) in [6, 6.07) is 5.70. The molecule has 5 nitrogen and oxygen atoms in total. The van der Waals surface area contributed by atoms with Crippen LogP contribution in [0.2, 0.25) is 0 Å². The average molecular weight is 215 g/mol. The van der Waals surface area contributed by atoms with Crippen molar-refractivity contribution in [3.8, 4) is 0 Å². The van der Waals surface area contributed by atoms with Gasteiger partial charge in [-0.05, 0) is 18.2 Å². The molecule has 0 saturated carbocycles. The minimum absolute atomic E-state index is 0.0247. The molecule has 16 heavy (non-hydrogen) atoms. The van der Waals surface area contributed by atoms with Crippen molar-refractivity contribution >= 4 is 22.5 Å². The highest BCUT2D eigenvalue weighted by atomic mass is 16.5. The molecule has 2 aromatic rings. The highest BCUT2D eigenvalue weighted by Gasteiger charge is 2.12. The highest BCUT2D eigenvalue weighted by molar-refractivity contribution is 5.93. The third-order valence-corrected chi connectivity index (χ3v) is 2.35. The molecule has 0 amide bonds. The molecule has 2 heterocycles. The van der Waals surface area contributed by atoms with Gasteiger partial charge in [0.05, 0.1) is 17.4 Å². The molecular formula is C11H9N3O2. The fraction of sp³-hybridized carbons (Fsp3) is 0.0909. The van der Waals surface area contributed by atoms with Crippen LogP contribution in [0.4, 0.5) is 5.69 Å². The van der Waals surface area contributed by atoms with E-state index in [2.05, 4.69) is 15.3 Å². The number of carbonyl (C=O) groups is 1. The zero-order chi connectivity index (χ0) is 11.0. The molecule has 5 heteroatoms. The number of hydrogen-bond acceptors (Lipinski definition) is 4. The van der Waals surface area contributed by atoms with E-state index in [1.165, 1.54) is 6.08 Å². The molecule has 0 aliphatic carbocycles. The maximum absolute atomic E-state index is 11.0. The Morgan fingerprint density at radius 2 is 2.38 bits per heavy atom. The van der Waals surface area contributed by atoms with Crippen LogP contribution in [0.15, 0.2) is 36.5 Å². The van der Waals surface area contributed by atoms with Crippen LogP contribution >= 0.6 is 0 Å². The van der Waals surface area contributed by atoms with Crippen molar-refractivity contribution in [2.75, 3.05) is 11.9 Å². The van der Waals surface area contributed by atoms with Crippen LogP contribution in [0.3, 0.4) is 0 Å². The molecule has 1 aliphatic heterocycles. The molecule has 1 aromatic carbocycles. The number of fused-ring (bicyclic) bond motifs is 1. The van der Waals surface area contributed by atoms with Gasteiger partial charge in [0, 0.05) is 11.8 Å². The van der Waals surface area contributed by atoms with E-state index in [-0.39, 0.29) is 12.4 Å². The summed E-state index contributed by atoms with van der Waals surface area (Å²) in [5, 5.41) is 3.02. The fourth-order valence-corrected chi connectivity index (χ4v) is 1.60. The first-order valence-electron chi connectivity index (χ1n) is 4.89. The monoisotopic (exact) mass is 215 g/mol. The number of nitrogens with zero attached hydrogens (tertiary/aromatic N) is 1. The van der Waals surface area contributed by atoms with Crippen LogP contribution in [0.25, 0.3) is 11.0 Å². The number of aromatic nitrogens is 2. The fourth-order valence-electron chi connectivity index (χ4n) is 1.60.